The van der Waals surface area contributed by atoms with Crippen molar-refractivity contribution in [2.24, 2.45) is 0 Å². The molecule has 0 saturated heterocycles. The van der Waals surface area contributed by atoms with Gasteiger partial charge < -0.3 is 18.5 Å². The highest BCUT2D eigenvalue weighted by Crippen LogP contribution is 2.40. The van der Waals surface area contributed by atoms with Gasteiger partial charge in [0.15, 0.2) is 5.43 Å². The molecule has 0 bridgehead atoms. The molecule has 5 aromatic rings. The molecule has 184 valence electrons. The van der Waals surface area contributed by atoms with Gasteiger partial charge in [0.1, 0.15) is 23.7 Å². The summed E-state index contributed by atoms with van der Waals surface area (Å²) in [6.07, 6.45) is 1.57. The molecule has 3 heterocycles. The Bertz CT molecular complexity index is 1650. The van der Waals surface area contributed by atoms with E-state index in [0.29, 0.717) is 34.6 Å². The van der Waals surface area contributed by atoms with Gasteiger partial charge in [-0.15, -0.1) is 0 Å². The van der Waals surface area contributed by atoms with Crippen LogP contribution in [0.5, 0.6) is 5.75 Å². The minimum absolute atomic E-state index is 0.0865. The Morgan fingerprint density at radius 3 is 2.43 bits per heavy atom. The van der Waals surface area contributed by atoms with E-state index in [-0.39, 0.29) is 23.6 Å². The normalized spacial score (nSPS) is 14.8. The lowest BCUT2D eigenvalue weighted by atomic mass is 9.97. The average Bonchev–Trinajstić information content (AvgIpc) is 3.50. The van der Waals surface area contributed by atoms with E-state index in [1.807, 2.05) is 80.6 Å². The summed E-state index contributed by atoms with van der Waals surface area (Å²) in [5, 5.41) is 0.504. The van der Waals surface area contributed by atoms with E-state index < -0.39 is 6.04 Å². The lowest BCUT2D eigenvalue weighted by Crippen LogP contribution is -2.29. The van der Waals surface area contributed by atoms with Crippen LogP contribution in [-0.4, -0.2) is 10.8 Å². The van der Waals surface area contributed by atoms with Crippen molar-refractivity contribution in [1.82, 2.24) is 4.90 Å². The topological polar surface area (TPSA) is 72.9 Å². The monoisotopic (exact) mass is 491 g/mol. The highest BCUT2D eigenvalue weighted by molar-refractivity contribution is 5.99. The first-order valence-electron chi connectivity index (χ1n) is 12.2. The predicted octanol–water partition coefficient (Wildman–Crippen LogP) is 6.33. The van der Waals surface area contributed by atoms with E-state index in [2.05, 4.69) is 0 Å². The van der Waals surface area contributed by atoms with Gasteiger partial charge in [0.25, 0.3) is 5.91 Å². The molecule has 1 aliphatic rings. The van der Waals surface area contributed by atoms with Crippen LogP contribution >= 0.6 is 0 Å². The second kappa shape index (κ2) is 9.13. The van der Waals surface area contributed by atoms with Crippen molar-refractivity contribution in [3.8, 4) is 5.75 Å². The van der Waals surface area contributed by atoms with Crippen LogP contribution in [0.15, 0.2) is 98.8 Å². The lowest BCUT2D eigenvalue weighted by Gasteiger charge is -2.24. The Labute approximate surface area is 213 Å². The molecule has 0 aliphatic carbocycles. The van der Waals surface area contributed by atoms with Gasteiger partial charge >= 0.3 is 0 Å². The van der Waals surface area contributed by atoms with E-state index in [4.69, 9.17) is 13.6 Å². The number of carbonyl (C=O) groups excluding carboxylic acids is 1. The molecule has 37 heavy (non-hydrogen) atoms. The summed E-state index contributed by atoms with van der Waals surface area (Å²) in [5.74, 6) is 1.08. The minimum atomic E-state index is -0.614. The fourth-order valence-corrected chi connectivity index (χ4v) is 5.08. The van der Waals surface area contributed by atoms with Gasteiger partial charge in [-0.2, -0.15) is 0 Å². The molecule has 1 atom stereocenters. The number of benzene rings is 3. The van der Waals surface area contributed by atoms with Gasteiger partial charge in [-0.3, -0.25) is 9.59 Å². The van der Waals surface area contributed by atoms with Crippen molar-refractivity contribution in [1.29, 1.82) is 0 Å². The number of fused-ring (bicyclic) bond motifs is 2. The number of hydrogen-bond donors (Lipinski definition) is 0. The first-order valence-corrected chi connectivity index (χ1v) is 12.2. The molecular formula is C31H25NO5. The number of nitrogens with zero attached hydrogens (tertiary/aromatic N) is 1. The first kappa shape index (κ1) is 22.9. The van der Waals surface area contributed by atoms with E-state index in [9.17, 15) is 9.59 Å². The van der Waals surface area contributed by atoms with E-state index in [0.717, 1.165) is 22.3 Å². The van der Waals surface area contributed by atoms with Crippen molar-refractivity contribution in [3.05, 3.63) is 135 Å². The Morgan fingerprint density at radius 1 is 0.919 bits per heavy atom. The molecule has 2 aromatic heterocycles. The molecular weight excluding hydrogens is 466 g/mol. The Morgan fingerprint density at radius 2 is 1.70 bits per heavy atom. The number of furan rings is 1. The molecule has 1 aliphatic heterocycles. The minimum Gasteiger partial charge on any atom is -0.489 e. The van der Waals surface area contributed by atoms with Crippen LogP contribution in [-0.2, 0) is 13.2 Å². The van der Waals surface area contributed by atoms with Crippen molar-refractivity contribution in [2.75, 3.05) is 0 Å². The maximum absolute atomic E-state index is 13.9. The van der Waals surface area contributed by atoms with E-state index >= 15 is 0 Å². The van der Waals surface area contributed by atoms with E-state index in [1.165, 1.54) is 0 Å². The summed E-state index contributed by atoms with van der Waals surface area (Å²) < 4.78 is 17.6. The first-order chi connectivity index (χ1) is 18.0. The summed E-state index contributed by atoms with van der Waals surface area (Å²) in [4.78, 5) is 29.1. The smallest absolute Gasteiger partial charge is 0.291 e. The molecule has 0 N–H and O–H groups in total. The van der Waals surface area contributed by atoms with Crippen molar-refractivity contribution < 1.29 is 18.4 Å². The van der Waals surface area contributed by atoms with E-state index in [1.54, 1.807) is 23.3 Å². The summed E-state index contributed by atoms with van der Waals surface area (Å²) in [6.45, 7) is 4.49. The van der Waals surface area contributed by atoms with Gasteiger partial charge in [-0.1, -0.05) is 48.5 Å². The summed E-state index contributed by atoms with van der Waals surface area (Å²) in [7, 11) is 0. The zero-order chi connectivity index (χ0) is 25.5. The third-order valence-electron chi connectivity index (χ3n) is 6.76. The molecule has 6 heteroatoms. The highest BCUT2D eigenvalue weighted by Gasteiger charge is 2.43. The Kier molecular flexibility index (Phi) is 5.64. The molecule has 6 nitrogen and oxygen atoms in total. The number of hydrogen-bond acceptors (Lipinski definition) is 5. The molecule has 6 rings (SSSR count). The third-order valence-corrected chi connectivity index (χ3v) is 6.76. The van der Waals surface area contributed by atoms with Crippen molar-refractivity contribution in [2.45, 2.75) is 33.0 Å². The second-order valence-corrected chi connectivity index (χ2v) is 9.39. The number of amides is 1. The van der Waals surface area contributed by atoms with Crippen LogP contribution < -0.4 is 10.2 Å². The number of aryl methyl sites for hydroxylation is 2. The van der Waals surface area contributed by atoms with Gasteiger partial charge in [0, 0.05) is 0 Å². The van der Waals surface area contributed by atoms with Gasteiger partial charge in [0.05, 0.1) is 29.8 Å². The van der Waals surface area contributed by atoms with Crippen LogP contribution in [0.4, 0.5) is 0 Å². The van der Waals surface area contributed by atoms with Crippen LogP contribution in [0, 0.1) is 13.8 Å². The van der Waals surface area contributed by atoms with Gasteiger partial charge in [-0.05, 0) is 66.4 Å². The fourth-order valence-electron chi connectivity index (χ4n) is 5.08. The average molecular weight is 492 g/mol. The molecule has 3 aromatic carbocycles. The summed E-state index contributed by atoms with van der Waals surface area (Å²) in [5.41, 5.74) is 4.26. The molecule has 0 fully saturated rings. The zero-order valence-electron chi connectivity index (χ0n) is 20.6. The standard InChI is InChI=1S/C31H25NO5/c1-19-15-20(2)26-25(16-19)37-30-27(29(26)33)28(32(31(30)34)17-24-9-6-14-35-24)22-10-12-23(13-11-22)36-18-21-7-4-3-5-8-21/h3-16,28H,17-18H2,1-2H3. The van der Waals surface area contributed by atoms with Crippen LogP contribution in [0.1, 0.15) is 50.2 Å². The molecule has 1 unspecified atom stereocenters. The zero-order valence-corrected chi connectivity index (χ0v) is 20.6. The lowest BCUT2D eigenvalue weighted by molar-refractivity contribution is 0.0701. The van der Waals surface area contributed by atoms with Crippen LogP contribution in [0.3, 0.4) is 0 Å². The van der Waals surface area contributed by atoms with Crippen molar-refractivity contribution >= 4 is 16.9 Å². The molecule has 0 saturated carbocycles. The van der Waals surface area contributed by atoms with Gasteiger partial charge in [0.2, 0.25) is 5.76 Å². The predicted molar refractivity (Wildman–Crippen MR) is 140 cm³/mol. The highest BCUT2D eigenvalue weighted by atomic mass is 16.5. The molecule has 0 radical (unpaired) electrons. The quantitative estimate of drug-likeness (QED) is 0.278. The number of ether oxygens (including phenoxy) is 1. The number of rotatable bonds is 6. The summed E-state index contributed by atoms with van der Waals surface area (Å²) in [6, 6.07) is 24.2. The SMILES string of the molecule is Cc1cc(C)c2c(=O)c3c(oc2c1)C(=O)N(Cc1ccco1)C3c1ccc(OCc2ccccc2)cc1. The Hall–Kier alpha value is -4.58. The maximum atomic E-state index is 13.9. The fraction of sp³-hybridized carbons (Fsp3) is 0.161. The number of carbonyl (C=O) groups is 1. The molecule has 0 spiro atoms. The second-order valence-electron chi connectivity index (χ2n) is 9.39. The maximum Gasteiger partial charge on any atom is 0.291 e. The largest absolute Gasteiger partial charge is 0.489 e. The van der Waals surface area contributed by atoms with Crippen molar-refractivity contribution in [3.63, 3.8) is 0 Å². The van der Waals surface area contributed by atoms with Crippen LogP contribution in [0.25, 0.3) is 11.0 Å². The van der Waals surface area contributed by atoms with Gasteiger partial charge in [-0.25, -0.2) is 0 Å². The summed E-state index contributed by atoms with van der Waals surface area (Å²) >= 11 is 0. The third kappa shape index (κ3) is 4.10. The van der Waals surface area contributed by atoms with Crippen LogP contribution in [0.2, 0.25) is 0 Å². The Balaban J connectivity index is 1.42. The molecule has 1 amide bonds.